The van der Waals surface area contributed by atoms with E-state index < -0.39 is 0 Å². The summed E-state index contributed by atoms with van der Waals surface area (Å²) in [5.74, 6) is 0.671. The quantitative estimate of drug-likeness (QED) is 0.682. The smallest absolute Gasteiger partial charge is 0.223 e. The largest absolute Gasteiger partial charge is 0.493 e. The van der Waals surface area contributed by atoms with Gasteiger partial charge in [0.15, 0.2) is 11.4 Å². The number of halogens is 2. The van der Waals surface area contributed by atoms with Crippen LogP contribution in [0.15, 0.2) is 30.7 Å². The van der Waals surface area contributed by atoms with Crippen LogP contribution in [0.5, 0.6) is 5.75 Å². The Bertz CT molecular complexity index is 757. The van der Waals surface area contributed by atoms with Crippen LogP contribution in [0.3, 0.4) is 0 Å². The summed E-state index contributed by atoms with van der Waals surface area (Å²) < 4.78 is 7.09. The first-order chi connectivity index (χ1) is 9.20. The molecule has 0 aliphatic carbocycles. The minimum absolute atomic E-state index is 0.136. The highest BCUT2D eigenvalue weighted by atomic mass is 35.5. The van der Waals surface area contributed by atoms with Crippen LogP contribution in [0, 0.1) is 0 Å². The van der Waals surface area contributed by atoms with Crippen molar-refractivity contribution in [1.82, 2.24) is 19.4 Å². The summed E-state index contributed by atoms with van der Waals surface area (Å²) in [6, 6.07) is 3.69. The van der Waals surface area contributed by atoms with Crippen molar-refractivity contribution in [1.29, 1.82) is 0 Å². The summed E-state index contributed by atoms with van der Waals surface area (Å²) in [6.07, 6.45) is 4.99. The molecule has 0 amide bonds. The minimum Gasteiger partial charge on any atom is -0.493 e. The second kappa shape index (κ2) is 4.68. The first-order valence-corrected chi connectivity index (χ1v) is 6.15. The van der Waals surface area contributed by atoms with Crippen LogP contribution < -0.4 is 4.74 Å². The van der Waals surface area contributed by atoms with E-state index in [1.165, 1.54) is 6.20 Å². The van der Waals surface area contributed by atoms with E-state index in [0.717, 1.165) is 5.69 Å². The zero-order chi connectivity index (χ0) is 13.4. The van der Waals surface area contributed by atoms with E-state index in [4.69, 9.17) is 27.9 Å². The van der Waals surface area contributed by atoms with Gasteiger partial charge in [-0.1, -0.05) is 11.6 Å². The Morgan fingerprint density at radius 1 is 1.21 bits per heavy atom. The highest BCUT2D eigenvalue weighted by molar-refractivity contribution is 6.33. The normalized spacial score (nSPS) is 10.9. The van der Waals surface area contributed by atoms with Crippen LogP contribution >= 0.6 is 23.2 Å². The lowest BCUT2D eigenvalue weighted by atomic mass is 10.3. The molecule has 3 aromatic rings. The van der Waals surface area contributed by atoms with Crippen molar-refractivity contribution < 1.29 is 4.74 Å². The van der Waals surface area contributed by atoms with Crippen LogP contribution in [0.1, 0.15) is 0 Å². The maximum Gasteiger partial charge on any atom is 0.223 e. The van der Waals surface area contributed by atoms with E-state index >= 15 is 0 Å². The molecule has 0 atom stereocenters. The van der Waals surface area contributed by atoms with Crippen molar-refractivity contribution in [3.63, 3.8) is 0 Å². The molecule has 0 aromatic carbocycles. The lowest BCUT2D eigenvalue weighted by Gasteiger charge is -2.05. The predicted molar refractivity (Wildman–Crippen MR) is 72.8 cm³/mol. The van der Waals surface area contributed by atoms with Gasteiger partial charge in [0.1, 0.15) is 5.69 Å². The van der Waals surface area contributed by atoms with Crippen LogP contribution in [-0.4, -0.2) is 26.5 Å². The lowest BCUT2D eigenvalue weighted by Crippen LogP contribution is -1.94. The Morgan fingerprint density at radius 3 is 2.84 bits per heavy atom. The van der Waals surface area contributed by atoms with Gasteiger partial charge in [-0.2, -0.15) is 0 Å². The number of ether oxygens (including phenoxy) is 1. The highest BCUT2D eigenvalue weighted by Crippen LogP contribution is 2.29. The van der Waals surface area contributed by atoms with Gasteiger partial charge in [-0.25, -0.2) is 15.0 Å². The third kappa shape index (κ3) is 2.01. The SMILES string of the molecule is COc1cccn2c(-c3nc(Cl)ncc3Cl)cnc12. The zero-order valence-corrected chi connectivity index (χ0v) is 11.4. The first-order valence-electron chi connectivity index (χ1n) is 5.39. The summed E-state index contributed by atoms with van der Waals surface area (Å²) in [5, 5.41) is 0.547. The molecule has 0 radical (unpaired) electrons. The van der Waals surface area contributed by atoms with Gasteiger partial charge in [0.25, 0.3) is 0 Å². The topological polar surface area (TPSA) is 52.3 Å². The van der Waals surface area contributed by atoms with E-state index in [2.05, 4.69) is 15.0 Å². The van der Waals surface area contributed by atoms with E-state index in [1.54, 1.807) is 13.3 Å². The van der Waals surface area contributed by atoms with E-state index in [1.807, 2.05) is 22.7 Å². The van der Waals surface area contributed by atoms with Crippen molar-refractivity contribution in [2.75, 3.05) is 7.11 Å². The summed E-state index contributed by atoms with van der Waals surface area (Å²) in [6.45, 7) is 0. The van der Waals surface area contributed by atoms with Gasteiger partial charge in [0, 0.05) is 6.20 Å². The van der Waals surface area contributed by atoms with Crippen molar-refractivity contribution in [2.24, 2.45) is 0 Å². The molecule has 0 aliphatic heterocycles. The molecule has 0 saturated carbocycles. The average molecular weight is 295 g/mol. The number of methoxy groups -OCH3 is 1. The molecular weight excluding hydrogens is 287 g/mol. The molecule has 0 bridgehead atoms. The zero-order valence-electron chi connectivity index (χ0n) is 9.84. The first kappa shape index (κ1) is 12.2. The minimum atomic E-state index is 0.136. The van der Waals surface area contributed by atoms with E-state index in [0.29, 0.717) is 22.1 Å². The molecule has 3 rings (SSSR count). The molecule has 0 N–H and O–H groups in total. The molecule has 3 aromatic heterocycles. The van der Waals surface area contributed by atoms with Gasteiger partial charge in [-0.3, -0.25) is 4.40 Å². The van der Waals surface area contributed by atoms with E-state index in [9.17, 15) is 0 Å². The van der Waals surface area contributed by atoms with Gasteiger partial charge in [0.05, 0.1) is 30.2 Å². The Balaban J connectivity index is 2.29. The standard InChI is InChI=1S/C12H8Cl2N4O/c1-19-9-3-2-4-18-8(6-15-11(9)18)10-7(13)5-16-12(14)17-10/h2-6H,1H3. The molecule has 0 saturated heterocycles. The van der Waals surface area contributed by atoms with Gasteiger partial charge in [-0.15, -0.1) is 0 Å². The maximum atomic E-state index is 6.11. The number of hydrogen-bond donors (Lipinski definition) is 0. The Labute approximate surface area is 118 Å². The molecule has 0 spiro atoms. The second-order valence-electron chi connectivity index (χ2n) is 3.75. The van der Waals surface area contributed by atoms with Gasteiger partial charge in [-0.05, 0) is 23.7 Å². The van der Waals surface area contributed by atoms with E-state index in [-0.39, 0.29) is 5.28 Å². The van der Waals surface area contributed by atoms with Gasteiger partial charge >= 0.3 is 0 Å². The number of fused-ring (bicyclic) bond motifs is 1. The third-order valence-electron chi connectivity index (χ3n) is 2.68. The van der Waals surface area contributed by atoms with Crippen LogP contribution in [0.25, 0.3) is 17.0 Å². The molecular formula is C12H8Cl2N4O. The molecule has 5 nitrogen and oxygen atoms in total. The molecule has 0 fully saturated rings. The number of rotatable bonds is 2. The Kier molecular flexibility index (Phi) is 3.00. The average Bonchev–Trinajstić information content (AvgIpc) is 2.85. The van der Waals surface area contributed by atoms with Crippen LogP contribution in [-0.2, 0) is 0 Å². The van der Waals surface area contributed by atoms with Crippen LogP contribution in [0.4, 0.5) is 0 Å². The summed E-state index contributed by atoms with van der Waals surface area (Å²) in [5.41, 5.74) is 1.94. The maximum absolute atomic E-state index is 6.11. The number of aromatic nitrogens is 4. The molecule has 19 heavy (non-hydrogen) atoms. The van der Waals surface area contributed by atoms with Crippen molar-refractivity contribution in [2.45, 2.75) is 0 Å². The fourth-order valence-electron chi connectivity index (χ4n) is 1.84. The van der Waals surface area contributed by atoms with Crippen molar-refractivity contribution in [3.8, 4) is 17.1 Å². The summed E-state index contributed by atoms with van der Waals surface area (Å²) >= 11 is 11.9. The van der Waals surface area contributed by atoms with Gasteiger partial charge in [0.2, 0.25) is 5.28 Å². The van der Waals surface area contributed by atoms with Gasteiger partial charge < -0.3 is 4.74 Å². The molecule has 7 heteroatoms. The van der Waals surface area contributed by atoms with Crippen LogP contribution in [0.2, 0.25) is 10.3 Å². The Hall–Kier alpha value is -1.85. The fraction of sp³-hybridized carbons (Fsp3) is 0.0833. The number of hydrogen-bond acceptors (Lipinski definition) is 4. The monoisotopic (exact) mass is 294 g/mol. The molecule has 0 aliphatic rings. The summed E-state index contributed by atoms with van der Waals surface area (Å²) in [4.78, 5) is 12.3. The molecule has 96 valence electrons. The Morgan fingerprint density at radius 2 is 2.05 bits per heavy atom. The molecule has 0 unspecified atom stereocenters. The fourth-order valence-corrected chi connectivity index (χ4v) is 2.17. The number of pyridine rings is 1. The number of nitrogens with zero attached hydrogens (tertiary/aromatic N) is 4. The third-order valence-corrected chi connectivity index (χ3v) is 3.14. The highest BCUT2D eigenvalue weighted by Gasteiger charge is 2.14. The predicted octanol–water partition coefficient (Wildman–Crippen LogP) is 3.11. The van der Waals surface area contributed by atoms with Crippen molar-refractivity contribution in [3.05, 3.63) is 41.0 Å². The second-order valence-corrected chi connectivity index (χ2v) is 4.49. The lowest BCUT2D eigenvalue weighted by molar-refractivity contribution is 0.417. The molecule has 3 heterocycles. The summed E-state index contributed by atoms with van der Waals surface area (Å²) in [7, 11) is 1.60. The van der Waals surface area contributed by atoms with Crippen molar-refractivity contribution >= 4 is 28.8 Å². The number of imidazole rings is 1.